The highest BCUT2D eigenvalue weighted by molar-refractivity contribution is 5.91. The number of aromatic amines is 1. The second-order valence-electron chi connectivity index (χ2n) is 4.66. The van der Waals surface area contributed by atoms with E-state index in [2.05, 4.69) is 56.1 Å². The van der Waals surface area contributed by atoms with Gasteiger partial charge in [0.1, 0.15) is 0 Å². The number of hydrogen-bond donors (Lipinski definition) is 1. The zero-order valence-corrected chi connectivity index (χ0v) is 10.2. The van der Waals surface area contributed by atoms with Crippen molar-refractivity contribution in [1.82, 2.24) is 4.98 Å². The van der Waals surface area contributed by atoms with Crippen LogP contribution < -0.4 is 0 Å². The van der Waals surface area contributed by atoms with Crippen LogP contribution in [0.5, 0.6) is 0 Å². The van der Waals surface area contributed by atoms with Crippen LogP contribution in [-0.4, -0.2) is 4.98 Å². The zero-order chi connectivity index (χ0) is 11.5. The van der Waals surface area contributed by atoms with Crippen LogP contribution in [0, 0.1) is 5.92 Å². The van der Waals surface area contributed by atoms with Gasteiger partial charge >= 0.3 is 0 Å². The molecule has 0 saturated carbocycles. The van der Waals surface area contributed by atoms with Gasteiger partial charge in [-0.2, -0.15) is 0 Å². The average Bonchev–Trinajstić information content (AvgIpc) is 2.73. The van der Waals surface area contributed by atoms with E-state index in [-0.39, 0.29) is 0 Å². The van der Waals surface area contributed by atoms with Gasteiger partial charge in [-0.15, -0.1) is 0 Å². The van der Waals surface area contributed by atoms with Gasteiger partial charge in [0.2, 0.25) is 0 Å². The predicted molar refractivity (Wildman–Crippen MR) is 71.4 cm³/mol. The Balaban J connectivity index is 2.49. The molecule has 0 aliphatic carbocycles. The molecule has 0 aliphatic heterocycles. The molecule has 1 aromatic carbocycles. The summed E-state index contributed by atoms with van der Waals surface area (Å²) >= 11 is 0. The van der Waals surface area contributed by atoms with Crippen LogP contribution in [0.25, 0.3) is 16.5 Å². The molecule has 0 radical (unpaired) electrons. The van der Waals surface area contributed by atoms with Crippen molar-refractivity contribution in [1.29, 1.82) is 0 Å². The van der Waals surface area contributed by atoms with Crippen molar-refractivity contribution in [2.24, 2.45) is 5.92 Å². The molecule has 84 valence electrons. The van der Waals surface area contributed by atoms with E-state index in [4.69, 9.17) is 0 Å². The SMILES string of the molecule is C/C=C(\CC(C)C)c1cccc2cc[nH]c12. The molecule has 0 saturated heterocycles. The molecule has 1 nitrogen and oxygen atoms in total. The van der Waals surface area contributed by atoms with Crippen molar-refractivity contribution < 1.29 is 0 Å². The number of aromatic nitrogens is 1. The maximum atomic E-state index is 3.34. The van der Waals surface area contributed by atoms with Gasteiger partial charge < -0.3 is 4.98 Å². The normalized spacial score (nSPS) is 12.6. The summed E-state index contributed by atoms with van der Waals surface area (Å²) < 4.78 is 0. The number of rotatable bonds is 3. The first-order valence-electron chi connectivity index (χ1n) is 5.94. The first kappa shape index (κ1) is 11.0. The maximum absolute atomic E-state index is 3.34. The minimum Gasteiger partial charge on any atom is -0.361 e. The summed E-state index contributed by atoms with van der Waals surface area (Å²) in [5.41, 5.74) is 4.04. The fraction of sp³-hybridized carbons (Fsp3) is 0.333. The smallest absolute Gasteiger partial charge is 0.0530 e. The highest BCUT2D eigenvalue weighted by Crippen LogP contribution is 2.28. The van der Waals surface area contributed by atoms with Crippen molar-refractivity contribution in [3.05, 3.63) is 42.1 Å². The lowest BCUT2D eigenvalue weighted by molar-refractivity contribution is 0.673. The second-order valence-corrected chi connectivity index (χ2v) is 4.66. The number of nitrogens with one attached hydrogen (secondary N) is 1. The van der Waals surface area contributed by atoms with Crippen LogP contribution in [0.15, 0.2) is 36.5 Å². The number of fused-ring (bicyclic) bond motifs is 1. The molecule has 0 fully saturated rings. The molecular weight excluding hydrogens is 194 g/mol. The zero-order valence-electron chi connectivity index (χ0n) is 10.2. The molecule has 0 spiro atoms. The lowest BCUT2D eigenvalue weighted by Crippen LogP contribution is -1.92. The Morgan fingerprint density at radius 2 is 2.12 bits per heavy atom. The van der Waals surface area contributed by atoms with Crippen molar-refractivity contribution >= 4 is 16.5 Å². The molecule has 1 heterocycles. The Bertz CT molecular complexity index is 503. The Hall–Kier alpha value is -1.50. The Kier molecular flexibility index (Phi) is 3.14. The first-order valence-corrected chi connectivity index (χ1v) is 5.94. The Morgan fingerprint density at radius 1 is 1.31 bits per heavy atom. The van der Waals surface area contributed by atoms with E-state index in [1.165, 1.54) is 22.0 Å². The highest BCUT2D eigenvalue weighted by Gasteiger charge is 2.07. The number of H-pyrrole nitrogens is 1. The maximum Gasteiger partial charge on any atom is 0.0530 e. The van der Waals surface area contributed by atoms with Gasteiger partial charge in [-0.25, -0.2) is 0 Å². The number of hydrogen-bond acceptors (Lipinski definition) is 0. The Labute approximate surface area is 97.2 Å². The molecule has 2 rings (SSSR count). The van der Waals surface area contributed by atoms with Crippen LogP contribution in [0.1, 0.15) is 32.8 Å². The van der Waals surface area contributed by atoms with Gasteiger partial charge in [-0.1, -0.05) is 38.1 Å². The summed E-state index contributed by atoms with van der Waals surface area (Å²) in [7, 11) is 0. The third-order valence-corrected chi connectivity index (χ3v) is 2.91. The molecule has 1 N–H and O–H groups in total. The van der Waals surface area contributed by atoms with Gasteiger partial charge in [-0.05, 0) is 36.3 Å². The lowest BCUT2D eigenvalue weighted by atomic mass is 9.95. The third-order valence-electron chi connectivity index (χ3n) is 2.91. The molecule has 1 aromatic heterocycles. The molecule has 0 amide bonds. The average molecular weight is 213 g/mol. The van der Waals surface area contributed by atoms with Crippen molar-refractivity contribution in [2.45, 2.75) is 27.2 Å². The fourth-order valence-corrected chi connectivity index (χ4v) is 2.18. The van der Waals surface area contributed by atoms with Crippen LogP contribution in [0.3, 0.4) is 0 Å². The first-order chi connectivity index (χ1) is 7.72. The van der Waals surface area contributed by atoms with E-state index < -0.39 is 0 Å². The number of benzene rings is 1. The summed E-state index contributed by atoms with van der Waals surface area (Å²) in [6, 6.07) is 8.62. The van der Waals surface area contributed by atoms with Crippen molar-refractivity contribution in [3.8, 4) is 0 Å². The van der Waals surface area contributed by atoms with Gasteiger partial charge in [0.25, 0.3) is 0 Å². The number of allylic oxidation sites excluding steroid dienone is 2. The molecule has 0 bridgehead atoms. The minimum atomic E-state index is 0.691. The summed E-state index contributed by atoms with van der Waals surface area (Å²) in [6.07, 6.45) is 5.38. The fourth-order valence-electron chi connectivity index (χ4n) is 2.18. The molecule has 16 heavy (non-hydrogen) atoms. The van der Waals surface area contributed by atoms with E-state index in [1.807, 2.05) is 6.20 Å². The van der Waals surface area contributed by atoms with Crippen LogP contribution >= 0.6 is 0 Å². The molecule has 2 aromatic rings. The number of para-hydroxylation sites is 1. The van der Waals surface area contributed by atoms with E-state index in [0.717, 1.165) is 6.42 Å². The summed E-state index contributed by atoms with van der Waals surface area (Å²) in [5.74, 6) is 0.691. The highest BCUT2D eigenvalue weighted by atomic mass is 14.7. The van der Waals surface area contributed by atoms with Gasteiger partial charge in [0, 0.05) is 11.8 Å². The third kappa shape index (κ3) is 2.04. The van der Waals surface area contributed by atoms with Gasteiger partial charge in [0.15, 0.2) is 0 Å². The topological polar surface area (TPSA) is 15.8 Å². The molecule has 0 aliphatic rings. The van der Waals surface area contributed by atoms with Crippen LogP contribution in [0.4, 0.5) is 0 Å². The molecule has 1 heteroatoms. The molecule has 0 unspecified atom stereocenters. The minimum absolute atomic E-state index is 0.691. The quantitative estimate of drug-likeness (QED) is 0.766. The summed E-state index contributed by atoms with van der Waals surface area (Å²) in [6.45, 7) is 6.65. The largest absolute Gasteiger partial charge is 0.361 e. The summed E-state index contributed by atoms with van der Waals surface area (Å²) in [5, 5.41) is 1.29. The van der Waals surface area contributed by atoms with Gasteiger partial charge in [0.05, 0.1) is 5.52 Å². The van der Waals surface area contributed by atoms with Crippen LogP contribution in [-0.2, 0) is 0 Å². The van der Waals surface area contributed by atoms with Crippen molar-refractivity contribution in [2.75, 3.05) is 0 Å². The standard InChI is InChI=1S/C15H19N/c1-4-12(10-11(2)3)14-7-5-6-13-8-9-16-15(13)14/h4-9,11,16H,10H2,1-3H3/b12-4+. The van der Waals surface area contributed by atoms with E-state index in [1.54, 1.807) is 0 Å². The van der Waals surface area contributed by atoms with E-state index in [9.17, 15) is 0 Å². The monoisotopic (exact) mass is 213 g/mol. The van der Waals surface area contributed by atoms with E-state index >= 15 is 0 Å². The predicted octanol–water partition coefficient (Wildman–Crippen LogP) is 4.62. The van der Waals surface area contributed by atoms with Crippen molar-refractivity contribution in [3.63, 3.8) is 0 Å². The molecule has 0 atom stereocenters. The second kappa shape index (κ2) is 4.56. The lowest BCUT2D eigenvalue weighted by Gasteiger charge is -2.11. The van der Waals surface area contributed by atoms with Gasteiger partial charge in [-0.3, -0.25) is 0 Å². The van der Waals surface area contributed by atoms with E-state index in [0.29, 0.717) is 5.92 Å². The van der Waals surface area contributed by atoms with Crippen LogP contribution in [0.2, 0.25) is 0 Å². The summed E-state index contributed by atoms with van der Waals surface area (Å²) in [4.78, 5) is 3.34. The Morgan fingerprint density at radius 3 is 2.81 bits per heavy atom. The molecular formula is C15H19N.